The van der Waals surface area contributed by atoms with Crippen molar-refractivity contribution in [3.05, 3.63) is 78.1 Å². The second-order valence-electron chi connectivity index (χ2n) is 10.4. The van der Waals surface area contributed by atoms with E-state index < -0.39 is 29.2 Å². The van der Waals surface area contributed by atoms with E-state index in [0.717, 1.165) is 49.7 Å². The molecule has 40 heavy (non-hydrogen) atoms. The minimum absolute atomic E-state index is 0.0869. The molecule has 1 aliphatic heterocycles. The summed E-state index contributed by atoms with van der Waals surface area (Å²) in [4.78, 5) is 35.6. The molecule has 0 radical (unpaired) electrons. The molecule has 3 aromatic rings. The zero-order valence-corrected chi connectivity index (χ0v) is 21.8. The number of carbonyl (C=O) groups is 2. The van der Waals surface area contributed by atoms with Crippen LogP contribution in [0.1, 0.15) is 53.7 Å². The zero-order chi connectivity index (χ0) is 28.3. The fourth-order valence-electron chi connectivity index (χ4n) is 5.54. The van der Waals surface area contributed by atoms with Crippen molar-refractivity contribution in [2.24, 2.45) is 0 Å². The van der Waals surface area contributed by atoms with Gasteiger partial charge in [0.15, 0.2) is 0 Å². The Hall–Kier alpha value is -3.77. The van der Waals surface area contributed by atoms with Gasteiger partial charge in [0.05, 0.1) is 36.0 Å². The Morgan fingerprint density at radius 2 is 1.93 bits per heavy atom. The van der Waals surface area contributed by atoms with E-state index >= 15 is 0 Å². The second-order valence-corrected chi connectivity index (χ2v) is 10.4. The lowest BCUT2D eigenvalue weighted by Crippen LogP contribution is -2.45. The summed E-state index contributed by atoms with van der Waals surface area (Å²) in [6.45, 7) is 1.14. The molecular formula is C28H31F3N6O3. The number of likely N-dealkylation sites (tertiary alicyclic amines) is 1. The highest BCUT2D eigenvalue weighted by Crippen LogP contribution is 2.38. The molecule has 5 rings (SSSR count). The van der Waals surface area contributed by atoms with Gasteiger partial charge in [-0.3, -0.25) is 19.5 Å². The SMILES string of the molecule is O=C(CNC(=O)c1cccc(C(F)(F)F)c1)N[C@@H]1CCN(C2CCC(O)(c3ccc(-n4ccnc4)cn3)CC2)C1. The summed E-state index contributed by atoms with van der Waals surface area (Å²) in [7, 11) is 0. The van der Waals surface area contributed by atoms with Crippen molar-refractivity contribution in [1.82, 2.24) is 30.1 Å². The Labute approximate surface area is 229 Å². The van der Waals surface area contributed by atoms with Gasteiger partial charge in [-0.15, -0.1) is 0 Å². The maximum absolute atomic E-state index is 12.9. The van der Waals surface area contributed by atoms with E-state index in [1.165, 1.54) is 6.07 Å². The van der Waals surface area contributed by atoms with Crippen molar-refractivity contribution in [1.29, 1.82) is 0 Å². The van der Waals surface area contributed by atoms with Crippen LogP contribution in [0.5, 0.6) is 0 Å². The monoisotopic (exact) mass is 556 g/mol. The number of imidazole rings is 1. The number of amides is 2. The molecule has 3 N–H and O–H groups in total. The average molecular weight is 557 g/mol. The first-order valence-corrected chi connectivity index (χ1v) is 13.3. The van der Waals surface area contributed by atoms with Crippen LogP contribution >= 0.6 is 0 Å². The zero-order valence-electron chi connectivity index (χ0n) is 21.8. The first kappa shape index (κ1) is 27.8. The van der Waals surface area contributed by atoms with Crippen LogP contribution in [0.25, 0.3) is 5.69 Å². The van der Waals surface area contributed by atoms with E-state index in [4.69, 9.17) is 0 Å². The van der Waals surface area contributed by atoms with Crippen LogP contribution in [0.3, 0.4) is 0 Å². The van der Waals surface area contributed by atoms with E-state index in [1.54, 1.807) is 18.7 Å². The number of carbonyl (C=O) groups excluding carboxylic acids is 2. The number of benzene rings is 1. The van der Waals surface area contributed by atoms with E-state index in [-0.39, 0.29) is 24.2 Å². The molecule has 1 saturated heterocycles. The molecule has 3 heterocycles. The smallest absolute Gasteiger partial charge is 0.384 e. The first-order valence-electron chi connectivity index (χ1n) is 13.3. The summed E-state index contributed by atoms with van der Waals surface area (Å²) in [5.74, 6) is -1.13. The van der Waals surface area contributed by atoms with E-state index in [0.29, 0.717) is 25.1 Å². The van der Waals surface area contributed by atoms with Gasteiger partial charge in [0.25, 0.3) is 5.91 Å². The third kappa shape index (κ3) is 6.34. The number of pyridine rings is 1. The maximum Gasteiger partial charge on any atom is 0.416 e. The van der Waals surface area contributed by atoms with Crippen molar-refractivity contribution in [2.75, 3.05) is 19.6 Å². The van der Waals surface area contributed by atoms with Crippen LogP contribution in [-0.2, 0) is 16.6 Å². The number of rotatable bonds is 7. The standard InChI is InChI=1S/C28H31F3N6O3/c29-28(30,31)20-3-1-2-19(14-20)26(39)34-16-25(38)35-21-8-12-36(17-21)22-6-9-27(40,10-7-22)24-5-4-23(15-33-24)37-13-11-32-18-37/h1-5,11,13-15,18,21-22,40H,6-10,12,16-17H2,(H,34,39)(H,35,38)/t21-,22?,27?/m1/s1. The molecule has 1 aliphatic carbocycles. The van der Waals surface area contributed by atoms with E-state index in [9.17, 15) is 27.9 Å². The first-order chi connectivity index (χ1) is 19.1. The molecule has 212 valence electrons. The van der Waals surface area contributed by atoms with E-state index in [1.807, 2.05) is 22.9 Å². The van der Waals surface area contributed by atoms with Crippen LogP contribution in [0.4, 0.5) is 13.2 Å². The Morgan fingerprint density at radius 1 is 1.12 bits per heavy atom. The lowest BCUT2D eigenvalue weighted by atomic mass is 9.79. The minimum Gasteiger partial charge on any atom is -0.384 e. The van der Waals surface area contributed by atoms with Crippen molar-refractivity contribution in [2.45, 2.75) is 56.0 Å². The molecule has 2 fully saturated rings. The Morgan fingerprint density at radius 3 is 2.60 bits per heavy atom. The molecule has 0 spiro atoms. The Balaban J connectivity index is 1.06. The van der Waals surface area contributed by atoms with Gasteiger partial charge in [0.1, 0.15) is 5.60 Å². The number of aliphatic hydroxyl groups is 1. The predicted octanol–water partition coefficient (Wildman–Crippen LogP) is 3.04. The summed E-state index contributed by atoms with van der Waals surface area (Å²) < 4.78 is 40.5. The topological polar surface area (TPSA) is 112 Å². The molecule has 1 atom stereocenters. The van der Waals surface area contributed by atoms with Crippen molar-refractivity contribution >= 4 is 11.8 Å². The van der Waals surface area contributed by atoms with Crippen LogP contribution in [-0.4, -0.2) is 68.1 Å². The van der Waals surface area contributed by atoms with Crippen molar-refractivity contribution in [3.8, 4) is 5.69 Å². The Bertz CT molecular complexity index is 1320. The van der Waals surface area contributed by atoms with Gasteiger partial charge in [-0.2, -0.15) is 13.2 Å². The molecule has 1 aromatic carbocycles. The fraction of sp³-hybridized carbons (Fsp3) is 0.429. The molecule has 2 amide bonds. The van der Waals surface area contributed by atoms with Crippen LogP contribution in [0.15, 0.2) is 61.3 Å². The van der Waals surface area contributed by atoms with Gasteiger partial charge in [-0.1, -0.05) is 6.07 Å². The van der Waals surface area contributed by atoms with Gasteiger partial charge in [0, 0.05) is 43.1 Å². The molecule has 12 heteroatoms. The number of nitrogens with zero attached hydrogens (tertiary/aromatic N) is 4. The number of hydrogen-bond acceptors (Lipinski definition) is 6. The van der Waals surface area contributed by atoms with Gasteiger partial charge in [0.2, 0.25) is 5.91 Å². The summed E-state index contributed by atoms with van der Waals surface area (Å²) >= 11 is 0. The molecule has 0 unspecified atom stereocenters. The van der Waals surface area contributed by atoms with Crippen molar-refractivity contribution in [3.63, 3.8) is 0 Å². The van der Waals surface area contributed by atoms with Gasteiger partial charge < -0.3 is 20.3 Å². The normalized spacial score (nSPS) is 23.6. The lowest BCUT2D eigenvalue weighted by Gasteiger charge is -2.39. The predicted molar refractivity (Wildman–Crippen MR) is 139 cm³/mol. The molecular weight excluding hydrogens is 525 g/mol. The maximum atomic E-state index is 12.9. The van der Waals surface area contributed by atoms with Crippen molar-refractivity contribution < 1.29 is 27.9 Å². The number of hydrogen-bond donors (Lipinski definition) is 3. The second kappa shape index (κ2) is 11.4. The third-order valence-electron chi connectivity index (χ3n) is 7.77. The summed E-state index contributed by atoms with van der Waals surface area (Å²) in [6, 6.07) is 8.07. The van der Waals surface area contributed by atoms with Crippen LogP contribution in [0.2, 0.25) is 0 Å². The van der Waals surface area contributed by atoms with E-state index in [2.05, 4.69) is 25.5 Å². The number of halogens is 3. The van der Waals surface area contributed by atoms with Gasteiger partial charge in [-0.25, -0.2) is 4.98 Å². The summed E-state index contributed by atoms with van der Waals surface area (Å²) in [5, 5.41) is 16.6. The van der Waals surface area contributed by atoms with Gasteiger partial charge >= 0.3 is 6.18 Å². The fourth-order valence-corrected chi connectivity index (χ4v) is 5.54. The lowest BCUT2D eigenvalue weighted by molar-refractivity contribution is -0.137. The highest BCUT2D eigenvalue weighted by molar-refractivity contribution is 5.96. The number of nitrogens with one attached hydrogen (secondary N) is 2. The third-order valence-corrected chi connectivity index (χ3v) is 7.77. The number of aromatic nitrogens is 3. The highest BCUT2D eigenvalue weighted by Gasteiger charge is 2.39. The Kier molecular flexibility index (Phi) is 7.90. The molecule has 9 nitrogen and oxygen atoms in total. The van der Waals surface area contributed by atoms with Crippen LogP contribution < -0.4 is 10.6 Å². The summed E-state index contributed by atoms with van der Waals surface area (Å²) in [5.41, 5.74) is -0.518. The highest BCUT2D eigenvalue weighted by atomic mass is 19.4. The van der Waals surface area contributed by atoms with Crippen LogP contribution in [0, 0.1) is 0 Å². The molecule has 2 aromatic heterocycles. The molecule has 1 saturated carbocycles. The quantitative estimate of drug-likeness (QED) is 0.413. The minimum atomic E-state index is -4.55. The summed E-state index contributed by atoms with van der Waals surface area (Å²) in [6.07, 6.45) is 5.93. The average Bonchev–Trinajstić information content (AvgIpc) is 3.65. The molecule has 0 bridgehead atoms. The molecule has 2 aliphatic rings. The van der Waals surface area contributed by atoms with Gasteiger partial charge in [-0.05, 0) is 62.4 Å². The number of alkyl halides is 3. The largest absolute Gasteiger partial charge is 0.416 e.